The Morgan fingerprint density at radius 1 is 1.29 bits per heavy atom. The monoisotopic (exact) mass is 234 g/mol. The van der Waals surface area contributed by atoms with Gasteiger partial charge in [-0.3, -0.25) is 0 Å². The molecule has 1 aromatic carbocycles. The third kappa shape index (κ3) is 2.60. The highest BCUT2D eigenvalue weighted by atomic mass is 19.1. The first-order valence-electron chi connectivity index (χ1n) is 4.87. The van der Waals surface area contributed by atoms with Crippen LogP contribution in [0.1, 0.15) is 0 Å². The molecule has 0 unspecified atom stereocenters. The van der Waals surface area contributed by atoms with Crippen LogP contribution in [0.5, 0.6) is 5.75 Å². The molecule has 17 heavy (non-hydrogen) atoms. The van der Waals surface area contributed by atoms with Gasteiger partial charge in [0.05, 0.1) is 12.8 Å². The molecule has 0 amide bonds. The van der Waals surface area contributed by atoms with Crippen LogP contribution in [0.4, 0.5) is 21.7 Å². The van der Waals surface area contributed by atoms with Gasteiger partial charge < -0.3 is 15.8 Å². The van der Waals surface area contributed by atoms with Gasteiger partial charge in [0.25, 0.3) is 0 Å². The van der Waals surface area contributed by atoms with Gasteiger partial charge in [0.15, 0.2) is 0 Å². The summed E-state index contributed by atoms with van der Waals surface area (Å²) in [6.45, 7) is 0. The molecule has 0 bridgehead atoms. The van der Waals surface area contributed by atoms with Gasteiger partial charge in [0.1, 0.15) is 29.5 Å². The molecule has 0 radical (unpaired) electrons. The van der Waals surface area contributed by atoms with Gasteiger partial charge in [-0.05, 0) is 12.1 Å². The number of rotatable bonds is 3. The molecule has 0 saturated carbocycles. The van der Waals surface area contributed by atoms with E-state index in [1.54, 1.807) is 12.1 Å². The van der Waals surface area contributed by atoms with Gasteiger partial charge in [-0.25, -0.2) is 14.4 Å². The molecule has 2 aromatic rings. The Hall–Kier alpha value is -2.37. The highest BCUT2D eigenvalue weighted by Gasteiger charge is 2.05. The standard InChI is InChI=1S/C11H11FN4O/c1-17-9-4-7(12)2-3-8(9)16-11-5-10(13)14-6-15-11/h2-6H,1H3,(H3,13,14,15,16). The van der Waals surface area contributed by atoms with Crippen molar-refractivity contribution in [2.75, 3.05) is 18.2 Å². The lowest BCUT2D eigenvalue weighted by Crippen LogP contribution is -1.99. The van der Waals surface area contributed by atoms with Crippen molar-refractivity contribution in [2.45, 2.75) is 0 Å². The van der Waals surface area contributed by atoms with Crippen molar-refractivity contribution in [1.82, 2.24) is 9.97 Å². The number of anilines is 3. The molecule has 1 aromatic heterocycles. The molecule has 3 N–H and O–H groups in total. The highest BCUT2D eigenvalue weighted by Crippen LogP contribution is 2.27. The molecular weight excluding hydrogens is 223 g/mol. The molecule has 2 rings (SSSR count). The van der Waals surface area contributed by atoms with E-state index in [4.69, 9.17) is 10.5 Å². The second-order valence-electron chi connectivity index (χ2n) is 3.30. The third-order valence-corrected chi connectivity index (χ3v) is 2.11. The molecule has 0 spiro atoms. The minimum absolute atomic E-state index is 0.351. The number of halogens is 1. The predicted molar refractivity (Wildman–Crippen MR) is 62.7 cm³/mol. The topological polar surface area (TPSA) is 73.1 Å². The van der Waals surface area contributed by atoms with Crippen molar-refractivity contribution in [3.63, 3.8) is 0 Å². The molecule has 6 heteroatoms. The van der Waals surface area contributed by atoms with Gasteiger partial charge in [0.2, 0.25) is 0 Å². The first kappa shape index (κ1) is 11.1. The van der Waals surface area contributed by atoms with Crippen LogP contribution in [0.15, 0.2) is 30.6 Å². The van der Waals surface area contributed by atoms with Crippen LogP contribution < -0.4 is 15.8 Å². The SMILES string of the molecule is COc1cc(F)ccc1Nc1cc(N)ncn1. The van der Waals surface area contributed by atoms with Crippen molar-refractivity contribution in [2.24, 2.45) is 0 Å². The van der Waals surface area contributed by atoms with Crippen LogP contribution in [0.2, 0.25) is 0 Å². The Kier molecular flexibility index (Phi) is 3.04. The van der Waals surface area contributed by atoms with Crippen LogP contribution >= 0.6 is 0 Å². The number of hydrogen-bond donors (Lipinski definition) is 2. The average molecular weight is 234 g/mol. The summed E-state index contributed by atoms with van der Waals surface area (Å²) in [6.07, 6.45) is 1.34. The summed E-state index contributed by atoms with van der Waals surface area (Å²) in [5, 5.41) is 2.97. The summed E-state index contributed by atoms with van der Waals surface area (Å²) in [7, 11) is 1.47. The van der Waals surface area contributed by atoms with Gasteiger partial charge in [-0.1, -0.05) is 0 Å². The fraction of sp³-hybridized carbons (Fsp3) is 0.0909. The van der Waals surface area contributed by atoms with Crippen molar-refractivity contribution in [3.05, 3.63) is 36.4 Å². The van der Waals surface area contributed by atoms with Crippen molar-refractivity contribution in [3.8, 4) is 5.75 Å². The van der Waals surface area contributed by atoms with E-state index < -0.39 is 0 Å². The molecule has 0 atom stereocenters. The maximum atomic E-state index is 13.0. The largest absolute Gasteiger partial charge is 0.494 e. The van der Waals surface area contributed by atoms with E-state index >= 15 is 0 Å². The summed E-state index contributed by atoms with van der Waals surface area (Å²) in [5.74, 6) is 0.891. The zero-order valence-electron chi connectivity index (χ0n) is 9.14. The van der Waals surface area contributed by atoms with E-state index in [1.165, 1.54) is 25.6 Å². The summed E-state index contributed by atoms with van der Waals surface area (Å²) >= 11 is 0. The summed E-state index contributed by atoms with van der Waals surface area (Å²) < 4.78 is 18.0. The average Bonchev–Trinajstić information content (AvgIpc) is 2.31. The van der Waals surface area contributed by atoms with E-state index in [0.29, 0.717) is 23.1 Å². The lowest BCUT2D eigenvalue weighted by atomic mass is 10.3. The summed E-state index contributed by atoms with van der Waals surface area (Å²) in [4.78, 5) is 7.75. The normalized spacial score (nSPS) is 10.0. The maximum Gasteiger partial charge on any atom is 0.145 e. The number of hydrogen-bond acceptors (Lipinski definition) is 5. The Morgan fingerprint density at radius 3 is 2.82 bits per heavy atom. The molecule has 88 valence electrons. The van der Waals surface area contributed by atoms with Gasteiger partial charge in [-0.15, -0.1) is 0 Å². The minimum atomic E-state index is -0.366. The maximum absolute atomic E-state index is 13.0. The van der Waals surface area contributed by atoms with Gasteiger partial charge in [-0.2, -0.15) is 0 Å². The smallest absolute Gasteiger partial charge is 0.145 e. The summed E-state index contributed by atoms with van der Waals surface area (Å²) in [5.41, 5.74) is 6.13. The van der Waals surface area contributed by atoms with Crippen molar-refractivity contribution >= 4 is 17.3 Å². The molecule has 0 saturated heterocycles. The Bertz CT molecular complexity index is 533. The number of benzene rings is 1. The van der Waals surface area contributed by atoms with Crippen LogP contribution in [0, 0.1) is 5.82 Å². The fourth-order valence-electron chi connectivity index (χ4n) is 1.35. The lowest BCUT2D eigenvalue weighted by Gasteiger charge is -2.10. The molecule has 0 fully saturated rings. The number of nitrogens with zero attached hydrogens (tertiary/aromatic N) is 2. The predicted octanol–water partition coefficient (Wildman–Crippen LogP) is 1.95. The quantitative estimate of drug-likeness (QED) is 0.849. The van der Waals surface area contributed by atoms with Crippen molar-refractivity contribution in [1.29, 1.82) is 0 Å². The van der Waals surface area contributed by atoms with Crippen LogP contribution in [0.3, 0.4) is 0 Å². The number of ether oxygens (including phenoxy) is 1. The summed E-state index contributed by atoms with van der Waals surface area (Å²) in [6, 6.07) is 5.75. The number of nitrogens with two attached hydrogens (primary N) is 1. The first-order chi connectivity index (χ1) is 8.19. The van der Waals surface area contributed by atoms with E-state index in [2.05, 4.69) is 15.3 Å². The van der Waals surface area contributed by atoms with Gasteiger partial charge >= 0.3 is 0 Å². The van der Waals surface area contributed by atoms with Crippen LogP contribution in [-0.2, 0) is 0 Å². The van der Waals surface area contributed by atoms with E-state index in [-0.39, 0.29) is 5.82 Å². The lowest BCUT2D eigenvalue weighted by molar-refractivity contribution is 0.413. The second-order valence-corrected chi connectivity index (χ2v) is 3.30. The number of methoxy groups -OCH3 is 1. The Balaban J connectivity index is 2.29. The Morgan fingerprint density at radius 2 is 2.12 bits per heavy atom. The fourth-order valence-corrected chi connectivity index (χ4v) is 1.35. The number of nitrogens with one attached hydrogen (secondary N) is 1. The van der Waals surface area contributed by atoms with E-state index in [1.807, 2.05) is 0 Å². The van der Waals surface area contributed by atoms with E-state index in [9.17, 15) is 4.39 Å². The molecule has 0 aliphatic rings. The van der Waals surface area contributed by atoms with Crippen molar-refractivity contribution < 1.29 is 9.13 Å². The number of nitrogen functional groups attached to an aromatic ring is 1. The number of aromatic nitrogens is 2. The third-order valence-electron chi connectivity index (χ3n) is 2.11. The molecule has 5 nitrogen and oxygen atoms in total. The second kappa shape index (κ2) is 4.65. The Labute approximate surface area is 97.5 Å². The van der Waals surface area contributed by atoms with E-state index in [0.717, 1.165) is 0 Å². The first-order valence-corrected chi connectivity index (χ1v) is 4.87. The highest BCUT2D eigenvalue weighted by molar-refractivity contribution is 5.65. The zero-order chi connectivity index (χ0) is 12.3. The van der Waals surface area contributed by atoms with Crippen LogP contribution in [0.25, 0.3) is 0 Å². The molecule has 1 heterocycles. The van der Waals surface area contributed by atoms with Gasteiger partial charge in [0, 0.05) is 12.1 Å². The molecular formula is C11H11FN4O. The molecule has 0 aliphatic heterocycles. The van der Waals surface area contributed by atoms with Crippen LogP contribution in [-0.4, -0.2) is 17.1 Å². The minimum Gasteiger partial charge on any atom is -0.494 e. The zero-order valence-corrected chi connectivity index (χ0v) is 9.14. The molecule has 0 aliphatic carbocycles.